The van der Waals surface area contributed by atoms with E-state index >= 15 is 0 Å². The molecule has 0 aromatic heterocycles. The molecule has 3 fully saturated rings. The van der Waals surface area contributed by atoms with Gasteiger partial charge < -0.3 is 52.8 Å². The fourth-order valence-corrected chi connectivity index (χ4v) is 6.03. The van der Waals surface area contributed by atoms with Crippen molar-refractivity contribution in [3.63, 3.8) is 0 Å². The Morgan fingerprint density at radius 2 is 1.35 bits per heavy atom. The molecule has 13 heteroatoms. The van der Waals surface area contributed by atoms with E-state index in [0.29, 0.717) is 83.7 Å². The second-order valence-electron chi connectivity index (χ2n) is 12.7. The van der Waals surface area contributed by atoms with Crippen molar-refractivity contribution in [1.82, 2.24) is 10.2 Å². The highest BCUT2D eigenvalue weighted by Gasteiger charge is 2.33. The zero-order valence-electron chi connectivity index (χ0n) is 29.6. The van der Waals surface area contributed by atoms with E-state index in [1.54, 1.807) is 29.2 Å². The second kappa shape index (κ2) is 22.6. The number of ether oxygens (including phenoxy) is 9. The highest BCUT2D eigenvalue weighted by atomic mass is 16.7. The van der Waals surface area contributed by atoms with Gasteiger partial charge in [0, 0.05) is 26.3 Å². The summed E-state index contributed by atoms with van der Waals surface area (Å²) in [5.74, 6) is 0.395. The molecule has 0 bridgehead atoms. The standard InChI is InChI=1S/C38H54N2O11/c41-37(40-17-16-33(28-40)46-24-22-43-20-21-44-23-25-49-34-10-4-6-18-47-34)36(39-38(42)51-29-30-8-2-1-3-9-30)31-12-14-32(15-13-31)45-26-27-50-35-11-5-7-19-48-35/h1-3,8-9,12-15,33-36H,4-7,10-11,16-29H2,(H,39,42)/t33-,34?,35?,36?/m1/s1. The first-order valence-corrected chi connectivity index (χ1v) is 18.4. The molecule has 2 aromatic rings. The third kappa shape index (κ3) is 14.3. The van der Waals surface area contributed by atoms with Crippen LogP contribution < -0.4 is 10.1 Å². The highest BCUT2D eigenvalue weighted by molar-refractivity contribution is 5.87. The predicted molar refractivity (Wildman–Crippen MR) is 186 cm³/mol. The number of nitrogens with one attached hydrogen (secondary N) is 1. The fraction of sp³-hybridized carbons (Fsp3) is 0.632. The zero-order chi connectivity index (χ0) is 35.4. The molecule has 4 atom stereocenters. The summed E-state index contributed by atoms with van der Waals surface area (Å²) in [5, 5.41) is 2.79. The lowest BCUT2D eigenvalue weighted by atomic mass is 10.1. The Kier molecular flexibility index (Phi) is 17.2. The van der Waals surface area contributed by atoms with Crippen LogP contribution in [0.3, 0.4) is 0 Å². The van der Waals surface area contributed by atoms with Crippen LogP contribution in [0.2, 0.25) is 0 Å². The van der Waals surface area contributed by atoms with Crippen LogP contribution in [-0.4, -0.2) is 115 Å². The number of hydrogen-bond donors (Lipinski definition) is 1. The summed E-state index contributed by atoms with van der Waals surface area (Å²) in [6.45, 7) is 6.04. The van der Waals surface area contributed by atoms with Gasteiger partial charge in [0.05, 0.1) is 52.4 Å². The van der Waals surface area contributed by atoms with Crippen molar-refractivity contribution in [1.29, 1.82) is 0 Å². The topological polar surface area (TPSA) is 132 Å². The molecule has 0 aliphatic carbocycles. The minimum absolute atomic E-state index is 0.0897. The van der Waals surface area contributed by atoms with E-state index in [1.807, 2.05) is 30.3 Å². The molecule has 282 valence electrons. The normalized spacial score (nSPS) is 21.3. The van der Waals surface area contributed by atoms with Gasteiger partial charge in [-0.3, -0.25) is 4.79 Å². The number of benzene rings is 2. The first-order chi connectivity index (χ1) is 25.1. The van der Waals surface area contributed by atoms with Crippen LogP contribution in [0.1, 0.15) is 62.1 Å². The summed E-state index contributed by atoms with van der Waals surface area (Å²) in [5.41, 5.74) is 1.46. The third-order valence-corrected chi connectivity index (χ3v) is 8.81. The summed E-state index contributed by atoms with van der Waals surface area (Å²) >= 11 is 0. The lowest BCUT2D eigenvalue weighted by Crippen LogP contribution is -2.42. The van der Waals surface area contributed by atoms with Gasteiger partial charge in [0.1, 0.15) is 25.0 Å². The number of alkyl carbamates (subject to hydrolysis) is 1. The van der Waals surface area contributed by atoms with E-state index in [1.165, 1.54) is 0 Å². The molecule has 3 unspecified atom stereocenters. The average molecular weight is 715 g/mol. The fourth-order valence-electron chi connectivity index (χ4n) is 6.03. The molecule has 1 N–H and O–H groups in total. The van der Waals surface area contributed by atoms with Gasteiger partial charge in [-0.2, -0.15) is 0 Å². The van der Waals surface area contributed by atoms with Crippen molar-refractivity contribution in [2.75, 3.05) is 79.2 Å². The molecule has 0 radical (unpaired) electrons. The van der Waals surface area contributed by atoms with E-state index in [0.717, 1.165) is 57.3 Å². The van der Waals surface area contributed by atoms with Crippen molar-refractivity contribution in [2.24, 2.45) is 0 Å². The average Bonchev–Trinajstić information content (AvgIpc) is 3.66. The van der Waals surface area contributed by atoms with Gasteiger partial charge in [-0.1, -0.05) is 42.5 Å². The molecular weight excluding hydrogens is 660 g/mol. The Morgan fingerprint density at radius 3 is 2.00 bits per heavy atom. The largest absolute Gasteiger partial charge is 0.491 e. The molecular formula is C38H54N2O11. The minimum Gasteiger partial charge on any atom is -0.491 e. The summed E-state index contributed by atoms with van der Waals surface area (Å²) in [4.78, 5) is 28.5. The van der Waals surface area contributed by atoms with Crippen LogP contribution in [0.25, 0.3) is 0 Å². The SMILES string of the molecule is O=C(NC(C(=O)N1CC[C@@H](OCCOCCOCCOC2CCCCO2)C1)c1ccc(OCCOC2CCCCO2)cc1)OCc1ccccc1. The summed E-state index contributed by atoms with van der Waals surface area (Å²) < 4.78 is 51.1. The van der Waals surface area contributed by atoms with Gasteiger partial charge in [0.25, 0.3) is 0 Å². The first-order valence-electron chi connectivity index (χ1n) is 18.4. The van der Waals surface area contributed by atoms with Gasteiger partial charge in [-0.05, 0) is 68.2 Å². The molecule has 3 heterocycles. The summed E-state index contributed by atoms with van der Waals surface area (Å²) in [6, 6.07) is 15.6. The first kappa shape index (κ1) is 38.9. The van der Waals surface area contributed by atoms with Crippen molar-refractivity contribution < 1.29 is 52.2 Å². The molecule has 13 nitrogen and oxygen atoms in total. The predicted octanol–water partition coefficient (Wildman–Crippen LogP) is 4.77. The maximum atomic E-state index is 13.8. The van der Waals surface area contributed by atoms with Crippen LogP contribution >= 0.6 is 0 Å². The molecule has 3 aliphatic heterocycles. The smallest absolute Gasteiger partial charge is 0.408 e. The van der Waals surface area contributed by atoms with E-state index < -0.39 is 12.1 Å². The van der Waals surface area contributed by atoms with Crippen LogP contribution in [0.15, 0.2) is 54.6 Å². The number of carbonyl (C=O) groups excluding carboxylic acids is 2. The minimum atomic E-state index is -0.947. The zero-order valence-corrected chi connectivity index (χ0v) is 29.6. The number of nitrogens with zero attached hydrogens (tertiary/aromatic N) is 1. The number of hydrogen-bond acceptors (Lipinski definition) is 11. The number of likely N-dealkylation sites (tertiary alicyclic amines) is 1. The van der Waals surface area contributed by atoms with E-state index in [4.69, 9.17) is 42.6 Å². The monoisotopic (exact) mass is 714 g/mol. The van der Waals surface area contributed by atoms with Gasteiger partial charge in [-0.25, -0.2) is 4.79 Å². The second-order valence-corrected chi connectivity index (χ2v) is 12.7. The summed E-state index contributed by atoms with van der Waals surface area (Å²) in [6.07, 6.45) is 5.84. The Hall–Kier alpha value is -3.30. The quantitative estimate of drug-likeness (QED) is 0.180. The van der Waals surface area contributed by atoms with Crippen LogP contribution in [0, 0.1) is 0 Å². The molecule has 3 saturated heterocycles. The number of carbonyl (C=O) groups is 2. The lowest BCUT2D eigenvalue weighted by Gasteiger charge is -2.25. The Balaban J connectivity index is 1.02. The molecule has 51 heavy (non-hydrogen) atoms. The molecule has 5 rings (SSSR count). The van der Waals surface area contributed by atoms with E-state index in [2.05, 4.69) is 5.32 Å². The van der Waals surface area contributed by atoms with Gasteiger partial charge in [-0.15, -0.1) is 0 Å². The maximum Gasteiger partial charge on any atom is 0.408 e. The van der Waals surface area contributed by atoms with Crippen molar-refractivity contribution in [3.8, 4) is 5.75 Å². The van der Waals surface area contributed by atoms with Crippen LogP contribution in [0.5, 0.6) is 5.75 Å². The Bertz CT molecular complexity index is 1260. The van der Waals surface area contributed by atoms with Gasteiger partial charge in [0.2, 0.25) is 5.91 Å². The Morgan fingerprint density at radius 1 is 0.725 bits per heavy atom. The molecule has 0 saturated carbocycles. The molecule has 3 aliphatic rings. The number of rotatable bonds is 21. The molecule has 0 spiro atoms. The van der Waals surface area contributed by atoms with Crippen molar-refractivity contribution in [3.05, 3.63) is 65.7 Å². The Labute approximate surface area is 301 Å². The third-order valence-electron chi connectivity index (χ3n) is 8.81. The van der Waals surface area contributed by atoms with Gasteiger partial charge >= 0.3 is 6.09 Å². The van der Waals surface area contributed by atoms with Crippen LogP contribution in [-0.2, 0) is 49.3 Å². The molecule has 2 aromatic carbocycles. The lowest BCUT2D eigenvalue weighted by molar-refractivity contribution is -0.169. The van der Waals surface area contributed by atoms with Crippen molar-refractivity contribution in [2.45, 2.75) is 76.3 Å². The van der Waals surface area contributed by atoms with Gasteiger partial charge in [0.15, 0.2) is 12.6 Å². The maximum absolute atomic E-state index is 13.8. The van der Waals surface area contributed by atoms with E-state index in [-0.39, 0.29) is 31.2 Å². The van der Waals surface area contributed by atoms with Crippen molar-refractivity contribution >= 4 is 12.0 Å². The number of amides is 2. The van der Waals surface area contributed by atoms with E-state index in [9.17, 15) is 9.59 Å². The molecule has 2 amide bonds. The highest BCUT2D eigenvalue weighted by Crippen LogP contribution is 2.24. The van der Waals surface area contributed by atoms with Crippen LogP contribution in [0.4, 0.5) is 4.79 Å². The summed E-state index contributed by atoms with van der Waals surface area (Å²) in [7, 11) is 0.